The molecule has 0 saturated carbocycles. The summed E-state index contributed by atoms with van der Waals surface area (Å²) in [6.45, 7) is 2.00. The summed E-state index contributed by atoms with van der Waals surface area (Å²) < 4.78 is 5.98. The van der Waals surface area contributed by atoms with E-state index in [1.165, 1.54) is 0 Å². The van der Waals surface area contributed by atoms with E-state index in [1.807, 2.05) is 91.0 Å². The van der Waals surface area contributed by atoms with E-state index in [4.69, 9.17) is 4.74 Å². The molecule has 0 radical (unpaired) electrons. The first-order chi connectivity index (χ1) is 17.7. The number of aliphatic hydroxyl groups excluding tert-OH is 1. The lowest BCUT2D eigenvalue weighted by Crippen LogP contribution is -2.34. The molecule has 1 heterocycles. The second-order valence-electron chi connectivity index (χ2n) is 8.72. The molecule has 0 spiro atoms. The van der Waals surface area contributed by atoms with Crippen LogP contribution in [0.3, 0.4) is 0 Å². The van der Waals surface area contributed by atoms with Crippen LogP contribution in [-0.4, -0.2) is 48.2 Å². The number of carbonyl (C=O) groups is 1. The maximum Gasteiger partial charge on any atom is 0.193 e. The highest BCUT2D eigenvalue weighted by Crippen LogP contribution is 2.32. The molecule has 0 saturated heterocycles. The number of H-pyrrole nitrogens is 1. The Bertz CT molecular complexity index is 1450. The van der Waals surface area contributed by atoms with Crippen LogP contribution in [0, 0.1) is 0 Å². The smallest absolute Gasteiger partial charge is 0.193 e. The Morgan fingerprint density at radius 2 is 1.53 bits per heavy atom. The largest absolute Gasteiger partial charge is 0.490 e. The van der Waals surface area contributed by atoms with Crippen LogP contribution in [0.25, 0.3) is 21.8 Å². The van der Waals surface area contributed by atoms with Crippen molar-refractivity contribution in [2.24, 2.45) is 0 Å². The van der Waals surface area contributed by atoms with Gasteiger partial charge in [0.15, 0.2) is 5.78 Å². The van der Waals surface area contributed by atoms with Crippen LogP contribution >= 0.6 is 0 Å². The van der Waals surface area contributed by atoms with E-state index in [-0.39, 0.29) is 12.4 Å². The van der Waals surface area contributed by atoms with Gasteiger partial charge in [0.05, 0.1) is 5.52 Å². The van der Waals surface area contributed by atoms with Gasteiger partial charge in [0, 0.05) is 52.7 Å². The number of anilines is 1. The highest BCUT2D eigenvalue weighted by molar-refractivity contribution is 6.10. The number of hydrogen-bond donors (Lipinski definition) is 4. The third-order valence-corrected chi connectivity index (χ3v) is 6.12. The molecule has 5 rings (SSSR count). The highest BCUT2D eigenvalue weighted by Gasteiger charge is 2.12. The fraction of sp³-hybridized carbons (Fsp3) is 0.167. The summed E-state index contributed by atoms with van der Waals surface area (Å²) in [5, 5.41) is 19.1. The molecular weight excluding hydrogens is 450 g/mol. The van der Waals surface area contributed by atoms with Crippen LogP contribution in [0.15, 0.2) is 97.1 Å². The molecule has 6 nitrogen and oxygen atoms in total. The van der Waals surface area contributed by atoms with Crippen LogP contribution in [0.1, 0.15) is 15.9 Å². The Kier molecular flexibility index (Phi) is 7.26. The molecule has 0 aliphatic heterocycles. The molecule has 36 heavy (non-hydrogen) atoms. The zero-order chi connectivity index (χ0) is 24.7. The van der Waals surface area contributed by atoms with Gasteiger partial charge in [-0.2, -0.15) is 0 Å². The molecule has 0 amide bonds. The summed E-state index contributed by atoms with van der Waals surface area (Å²) >= 11 is 0. The number of fused-ring (bicyclic) bond motifs is 3. The average Bonchev–Trinajstić information content (AvgIpc) is 3.31. The van der Waals surface area contributed by atoms with Gasteiger partial charge in [-0.25, -0.2) is 0 Å². The quantitative estimate of drug-likeness (QED) is 0.158. The molecule has 1 atom stereocenters. The predicted octanol–water partition coefficient (Wildman–Crippen LogP) is 4.99. The number of aromatic amines is 1. The Hall–Kier alpha value is -4.13. The lowest BCUT2D eigenvalue weighted by atomic mass is 10.0. The molecule has 0 aliphatic carbocycles. The van der Waals surface area contributed by atoms with E-state index in [0.29, 0.717) is 30.8 Å². The number of benzene rings is 4. The second-order valence-corrected chi connectivity index (χ2v) is 8.72. The average molecular weight is 480 g/mol. The van der Waals surface area contributed by atoms with E-state index < -0.39 is 6.10 Å². The fourth-order valence-corrected chi connectivity index (χ4v) is 4.29. The monoisotopic (exact) mass is 479 g/mol. The topological polar surface area (TPSA) is 86.4 Å². The number of ketones is 1. The van der Waals surface area contributed by atoms with Gasteiger partial charge in [-0.15, -0.1) is 0 Å². The zero-order valence-electron chi connectivity index (χ0n) is 19.9. The molecule has 182 valence electrons. The minimum absolute atomic E-state index is 0.0148. The Balaban J connectivity index is 1.05. The Morgan fingerprint density at radius 3 is 2.36 bits per heavy atom. The van der Waals surface area contributed by atoms with Gasteiger partial charge >= 0.3 is 0 Å². The van der Waals surface area contributed by atoms with Crippen molar-refractivity contribution in [2.45, 2.75) is 6.10 Å². The molecule has 0 fully saturated rings. The summed E-state index contributed by atoms with van der Waals surface area (Å²) in [4.78, 5) is 15.9. The third kappa shape index (κ3) is 5.40. The number of para-hydroxylation sites is 1. The van der Waals surface area contributed by atoms with Crippen molar-refractivity contribution in [3.63, 3.8) is 0 Å². The first-order valence-electron chi connectivity index (χ1n) is 12.1. The minimum atomic E-state index is -0.631. The van der Waals surface area contributed by atoms with E-state index in [0.717, 1.165) is 33.2 Å². The van der Waals surface area contributed by atoms with E-state index in [9.17, 15) is 9.90 Å². The molecule has 0 aliphatic rings. The Labute approximate surface area is 209 Å². The van der Waals surface area contributed by atoms with Gasteiger partial charge in [0.1, 0.15) is 18.5 Å². The fourth-order valence-electron chi connectivity index (χ4n) is 4.29. The van der Waals surface area contributed by atoms with Crippen molar-refractivity contribution < 1.29 is 14.6 Å². The van der Waals surface area contributed by atoms with Gasteiger partial charge in [-0.1, -0.05) is 54.6 Å². The van der Waals surface area contributed by atoms with Crippen LogP contribution < -0.4 is 15.4 Å². The number of aliphatic hydroxyl groups is 1. The standard InChI is InChI=1S/C30H29N3O3/c34-24(20-36-28-12-6-11-27-29(28)25-9-4-5-10-26(25)33-27)19-31-17-18-32-23-15-13-22(14-16-23)30(35)21-7-2-1-3-8-21/h1-16,24,31-34H,17-20H2. The number of carbonyl (C=O) groups excluding carboxylic acids is 1. The first-order valence-corrected chi connectivity index (χ1v) is 12.1. The van der Waals surface area contributed by atoms with Crippen molar-refractivity contribution in [2.75, 3.05) is 31.6 Å². The molecule has 1 aromatic heterocycles. The molecule has 4 N–H and O–H groups in total. The zero-order valence-corrected chi connectivity index (χ0v) is 19.9. The maximum atomic E-state index is 12.5. The van der Waals surface area contributed by atoms with E-state index in [2.05, 4.69) is 21.7 Å². The van der Waals surface area contributed by atoms with Crippen molar-refractivity contribution in [1.29, 1.82) is 0 Å². The van der Waals surface area contributed by atoms with Gasteiger partial charge in [-0.3, -0.25) is 4.79 Å². The van der Waals surface area contributed by atoms with E-state index >= 15 is 0 Å². The SMILES string of the molecule is O=C(c1ccccc1)c1ccc(NCCNCC(O)COc2cccc3[nH]c4ccccc4c23)cc1. The van der Waals surface area contributed by atoms with Crippen molar-refractivity contribution >= 4 is 33.3 Å². The summed E-state index contributed by atoms with van der Waals surface area (Å²) in [6, 6.07) is 30.8. The first kappa shape index (κ1) is 23.6. The van der Waals surface area contributed by atoms with Gasteiger partial charge in [0.25, 0.3) is 0 Å². The number of ether oxygens (including phenoxy) is 1. The van der Waals surface area contributed by atoms with Crippen molar-refractivity contribution in [1.82, 2.24) is 10.3 Å². The molecule has 6 heteroatoms. The van der Waals surface area contributed by atoms with Crippen molar-refractivity contribution in [3.05, 3.63) is 108 Å². The lowest BCUT2D eigenvalue weighted by molar-refractivity contribution is 0.103. The molecular formula is C30H29N3O3. The van der Waals surface area contributed by atoms with Gasteiger partial charge < -0.3 is 25.5 Å². The van der Waals surface area contributed by atoms with Gasteiger partial charge in [-0.05, 0) is 42.5 Å². The van der Waals surface area contributed by atoms with Crippen molar-refractivity contribution in [3.8, 4) is 5.75 Å². The Morgan fingerprint density at radius 1 is 0.806 bits per heavy atom. The van der Waals surface area contributed by atoms with Crippen LogP contribution in [0.4, 0.5) is 5.69 Å². The van der Waals surface area contributed by atoms with E-state index in [1.54, 1.807) is 0 Å². The number of hydrogen-bond acceptors (Lipinski definition) is 5. The van der Waals surface area contributed by atoms with Crippen LogP contribution in [0.5, 0.6) is 5.75 Å². The highest BCUT2D eigenvalue weighted by atomic mass is 16.5. The molecule has 4 aromatic carbocycles. The third-order valence-electron chi connectivity index (χ3n) is 6.12. The molecule has 5 aromatic rings. The molecule has 1 unspecified atom stereocenters. The lowest BCUT2D eigenvalue weighted by Gasteiger charge is -2.14. The van der Waals surface area contributed by atoms with Gasteiger partial charge in [0.2, 0.25) is 0 Å². The summed E-state index contributed by atoms with van der Waals surface area (Å²) in [6.07, 6.45) is -0.631. The molecule has 0 bridgehead atoms. The van der Waals surface area contributed by atoms with Crippen LogP contribution in [-0.2, 0) is 0 Å². The normalized spacial score (nSPS) is 12.0. The number of nitrogens with one attached hydrogen (secondary N) is 3. The summed E-state index contributed by atoms with van der Waals surface area (Å²) in [5.41, 5.74) is 4.37. The maximum absolute atomic E-state index is 12.5. The predicted molar refractivity (Wildman–Crippen MR) is 145 cm³/mol. The number of rotatable bonds is 11. The summed E-state index contributed by atoms with van der Waals surface area (Å²) in [5.74, 6) is 0.779. The van der Waals surface area contributed by atoms with Crippen LogP contribution in [0.2, 0.25) is 0 Å². The summed E-state index contributed by atoms with van der Waals surface area (Å²) in [7, 11) is 0. The number of aromatic nitrogens is 1. The second kappa shape index (κ2) is 11.1. The minimum Gasteiger partial charge on any atom is -0.490 e.